The summed E-state index contributed by atoms with van der Waals surface area (Å²) < 4.78 is 29.5. The van der Waals surface area contributed by atoms with E-state index in [1.54, 1.807) is 32.3 Å². The molecule has 5 nitrogen and oxygen atoms in total. The molecule has 3 rings (SSSR count). The van der Waals surface area contributed by atoms with E-state index in [0.717, 1.165) is 12.1 Å². The number of carbonyl (C=O) groups is 1. The maximum Gasteiger partial charge on any atom is 0.328 e. The highest BCUT2D eigenvalue weighted by Crippen LogP contribution is 2.19. The highest BCUT2D eigenvalue weighted by atomic mass is 19.1. The number of imidazole rings is 1. The van der Waals surface area contributed by atoms with Crippen LogP contribution in [-0.4, -0.2) is 15.0 Å². The van der Waals surface area contributed by atoms with Gasteiger partial charge >= 0.3 is 5.69 Å². The SMILES string of the molecule is Cn1c(=O)n(C)c2cc(NC(=O)c3ccc(F)cc3F)ccc21. The lowest BCUT2D eigenvalue weighted by atomic mass is 10.2. The molecular formula is C16H13F2N3O2. The van der Waals surface area contributed by atoms with E-state index in [1.807, 2.05) is 0 Å². The van der Waals surface area contributed by atoms with Gasteiger partial charge in [-0.05, 0) is 30.3 Å². The zero-order valence-electron chi connectivity index (χ0n) is 12.4. The van der Waals surface area contributed by atoms with Crippen LogP contribution in [0.3, 0.4) is 0 Å². The summed E-state index contributed by atoms with van der Waals surface area (Å²) in [5, 5.41) is 2.54. The number of halogens is 2. The molecule has 0 saturated carbocycles. The van der Waals surface area contributed by atoms with E-state index in [1.165, 1.54) is 9.13 Å². The molecule has 1 amide bonds. The normalized spacial score (nSPS) is 11.0. The quantitative estimate of drug-likeness (QED) is 0.789. The Morgan fingerprint density at radius 1 is 1.00 bits per heavy atom. The van der Waals surface area contributed by atoms with Crippen molar-refractivity contribution < 1.29 is 13.6 Å². The Hall–Kier alpha value is -2.96. The second-order valence-electron chi connectivity index (χ2n) is 5.18. The predicted molar refractivity (Wildman–Crippen MR) is 82.5 cm³/mol. The van der Waals surface area contributed by atoms with Gasteiger partial charge in [-0.2, -0.15) is 0 Å². The first-order valence-corrected chi connectivity index (χ1v) is 6.80. The number of hydrogen-bond acceptors (Lipinski definition) is 2. The standard InChI is InChI=1S/C16H13F2N3O2/c1-20-13-6-4-10(8-14(13)21(2)16(20)23)19-15(22)11-5-3-9(17)7-12(11)18/h3-8H,1-2H3,(H,19,22). The van der Waals surface area contributed by atoms with Crippen molar-refractivity contribution in [1.29, 1.82) is 0 Å². The number of aromatic nitrogens is 2. The summed E-state index contributed by atoms with van der Waals surface area (Å²) in [5.74, 6) is -2.38. The lowest BCUT2D eigenvalue weighted by Gasteiger charge is -2.07. The molecule has 1 heterocycles. The van der Waals surface area contributed by atoms with Gasteiger partial charge in [0.15, 0.2) is 0 Å². The van der Waals surface area contributed by atoms with Crippen LogP contribution in [-0.2, 0) is 14.1 Å². The Labute approximate surface area is 129 Å². The van der Waals surface area contributed by atoms with Crippen molar-refractivity contribution in [2.24, 2.45) is 14.1 Å². The maximum absolute atomic E-state index is 13.6. The lowest BCUT2D eigenvalue weighted by Crippen LogP contribution is -2.19. The van der Waals surface area contributed by atoms with Crippen LogP contribution in [0.1, 0.15) is 10.4 Å². The summed E-state index contributed by atoms with van der Waals surface area (Å²) in [7, 11) is 3.27. The van der Waals surface area contributed by atoms with Crippen LogP contribution in [0.15, 0.2) is 41.2 Å². The number of carbonyl (C=O) groups excluding carboxylic acids is 1. The van der Waals surface area contributed by atoms with Gasteiger partial charge < -0.3 is 5.32 Å². The highest BCUT2D eigenvalue weighted by molar-refractivity contribution is 6.05. The van der Waals surface area contributed by atoms with Gasteiger partial charge in [0.05, 0.1) is 16.6 Å². The van der Waals surface area contributed by atoms with Crippen molar-refractivity contribution in [3.05, 3.63) is 64.1 Å². The molecule has 0 radical (unpaired) electrons. The fraction of sp³-hybridized carbons (Fsp3) is 0.125. The van der Waals surface area contributed by atoms with E-state index in [0.29, 0.717) is 22.8 Å². The van der Waals surface area contributed by atoms with Gasteiger partial charge in [-0.15, -0.1) is 0 Å². The molecule has 0 fully saturated rings. The maximum atomic E-state index is 13.6. The van der Waals surface area contributed by atoms with E-state index in [-0.39, 0.29) is 11.3 Å². The molecule has 1 aromatic heterocycles. The number of anilines is 1. The van der Waals surface area contributed by atoms with E-state index in [9.17, 15) is 18.4 Å². The lowest BCUT2D eigenvalue weighted by molar-refractivity contribution is 0.102. The van der Waals surface area contributed by atoms with Gasteiger partial charge in [0, 0.05) is 25.8 Å². The number of fused-ring (bicyclic) bond motifs is 1. The number of aryl methyl sites for hydroxylation is 2. The third-order valence-electron chi connectivity index (χ3n) is 3.71. The third kappa shape index (κ3) is 2.50. The fourth-order valence-electron chi connectivity index (χ4n) is 2.46. The predicted octanol–water partition coefficient (Wildman–Crippen LogP) is 2.41. The minimum absolute atomic E-state index is 0.187. The molecule has 23 heavy (non-hydrogen) atoms. The molecule has 2 aromatic carbocycles. The molecule has 3 aromatic rings. The van der Waals surface area contributed by atoms with Crippen LogP contribution in [0, 0.1) is 11.6 Å². The van der Waals surface area contributed by atoms with Crippen LogP contribution < -0.4 is 11.0 Å². The van der Waals surface area contributed by atoms with E-state index in [2.05, 4.69) is 5.32 Å². The minimum atomic E-state index is -0.935. The largest absolute Gasteiger partial charge is 0.328 e. The number of benzene rings is 2. The Kier molecular flexibility index (Phi) is 3.48. The summed E-state index contributed by atoms with van der Waals surface area (Å²) in [6, 6.07) is 7.67. The van der Waals surface area contributed by atoms with Crippen LogP contribution in [0.4, 0.5) is 14.5 Å². The Morgan fingerprint density at radius 3 is 2.39 bits per heavy atom. The summed E-state index contributed by atoms with van der Waals surface area (Å²) >= 11 is 0. The molecule has 0 aliphatic carbocycles. The average Bonchev–Trinajstić information content (AvgIpc) is 2.72. The first kappa shape index (κ1) is 15.0. The Bertz CT molecular complexity index is 989. The molecule has 0 spiro atoms. The zero-order valence-corrected chi connectivity index (χ0v) is 12.4. The first-order chi connectivity index (χ1) is 10.9. The second kappa shape index (κ2) is 5.35. The Balaban J connectivity index is 1.97. The highest BCUT2D eigenvalue weighted by Gasteiger charge is 2.14. The monoisotopic (exact) mass is 317 g/mol. The smallest absolute Gasteiger partial charge is 0.322 e. The number of rotatable bonds is 2. The molecule has 7 heteroatoms. The molecule has 0 atom stereocenters. The molecule has 0 aliphatic rings. The zero-order chi connectivity index (χ0) is 16.7. The first-order valence-electron chi connectivity index (χ1n) is 6.80. The summed E-state index contributed by atoms with van der Waals surface area (Å²) in [6.45, 7) is 0. The van der Waals surface area contributed by atoms with Crippen molar-refractivity contribution in [2.75, 3.05) is 5.32 Å². The molecule has 1 N–H and O–H groups in total. The van der Waals surface area contributed by atoms with Gasteiger partial charge in [0.2, 0.25) is 0 Å². The van der Waals surface area contributed by atoms with Crippen molar-refractivity contribution in [1.82, 2.24) is 9.13 Å². The minimum Gasteiger partial charge on any atom is -0.322 e. The van der Waals surface area contributed by atoms with Crippen LogP contribution in [0.25, 0.3) is 11.0 Å². The van der Waals surface area contributed by atoms with Gasteiger partial charge in [0.1, 0.15) is 11.6 Å². The molecular weight excluding hydrogens is 304 g/mol. The van der Waals surface area contributed by atoms with Gasteiger partial charge in [0.25, 0.3) is 5.91 Å². The number of hydrogen-bond donors (Lipinski definition) is 1. The third-order valence-corrected chi connectivity index (χ3v) is 3.71. The van der Waals surface area contributed by atoms with Crippen molar-refractivity contribution in [3.63, 3.8) is 0 Å². The molecule has 0 unspecified atom stereocenters. The van der Waals surface area contributed by atoms with Crippen molar-refractivity contribution in [2.45, 2.75) is 0 Å². The molecule has 0 bridgehead atoms. The van der Waals surface area contributed by atoms with Crippen LogP contribution >= 0.6 is 0 Å². The van der Waals surface area contributed by atoms with Crippen molar-refractivity contribution >= 4 is 22.6 Å². The van der Waals surface area contributed by atoms with Crippen LogP contribution in [0.2, 0.25) is 0 Å². The van der Waals surface area contributed by atoms with E-state index < -0.39 is 17.5 Å². The van der Waals surface area contributed by atoms with Crippen molar-refractivity contribution in [3.8, 4) is 0 Å². The average molecular weight is 317 g/mol. The summed E-state index contributed by atoms with van der Waals surface area (Å²) in [5.41, 5.74) is 1.31. The second-order valence-corrected chi connectivity index (χ2v) is 5.18. The molecule has 118 valence electrons. The van der Waals surface area contributed by atoms with Gasteiger partial charge in [-0.3, -0.25) is 13.9 Å². The van der Waals surface area contributed by atoms with E-state index in [4.69, 9.17) is 0 Å². The number of amides is 1. The van der Waals surface area contributed by atoms with Gasteiger partial charge in [-0.1, -0.05) is 0 Å². The summed E-state index contributed by atoms with van der Waals surface area (Å²) in [4.78, 5) is 24.0. The Morgan fingerprint density at radius 2 is 1.70 bits per heavy atom. The molecule has 0 aliphatic heterocycles. The number of nitrogens with one attached hydrogen (secondary N) is 1. The van der Waals surface area contributed by atoms with Gasteiger partial charge in [-0.25, -0.2) is 13.6 Å². The number of nitrogens with zero attached hydrogens (tertiary/aromatic N) is 2. The fourth-order valence-corrected chi connectivity index (χ4v) is 2.46. The van der Waals surface area contributed by atoms with Crippen LogP contribution in [0.5, 0.6) is 0 Å². The summed E-state index contributed by atoms with van der Waals surface area (Å²) in [6.07, 6.45) is 0. The topological polar surface area (TPSA) is 56.0 Å². The molecule has 0 saturated heterocycles. The van der Waals surface area contributed by atoms with E-state index >= 15 is 0 Å².